The molecule has 20 heavy (non-hydrogen) atoms. The van der Waals surface area contributed by atoms with Crippen molar-refractivity contribution in [1.29, 1.82) is 0 Å². The molecule has 0 saturated heterocycles. The van der Waals surface area contributed by atoms with E-state index < -0.39 is 17.6 Å². The number of para-hydroxylation sites is 2. The van der Waals surface area contributed by atoms with Crippen LogP contribution in [-0.4, -0.2) is 17.6 Å². The number of Topliss-reactive ketones (excluding diaryl/α,β-unsaturated/α-hetero) is 1. The van der Waals surface area contributed by atoms with E-state index >= 15 is 0 Å². The molecule has 1 aliphatic rings. The van der Waals surface area contributed by atoms with Gasteiger partial charge < -0.3 is 0 Å². The minimum Gasteiger partial charge on any atom is -0.287 e. The molecule has 0 radical (unpaired) electrons. The molecule has 1 heterocycles. The molecule has 0 unspecified atom stereocenters. The fourth-order valence-electron chi connectivity index (χ4n) is 2.21. The van der Waals surface area contributed by atoms with Gasteiger partial charge in [-0.2, -0.15) is 8.78 Å². The highest BCUT2D eigenvalue weighted by molar-refractivity contribution is 6.28. The molecular weight excluding hydrogens is 264 g/mol. The largest absolute Gasteiger partial charge is 0.387 e. The van der Waals surface area contributed by atoms with Crippen molar-refractivity contribution >= 4 is 23.1 Å². The number of carbonyl (C=O) groups excluding carboxylic acids is 2. The Bertz CT molecular complexity index is 698. The summed E-state index contributed by atoms with van der Waals surface area (Å²) in [4.78, 5) is 24.6. The third-order valence-corrected chi connectivity index (χ3v) is 3.16. The van der Waals surface area contributed by atoms with Crippen molar-refractivity contribution in [1.82, 2.24) is 0 Å². The Hall–Kier alpha value is -2.56. The zero-order valence-electron chi connectivity index (χ0n) is 10.2. The molecule has 1 aliphatic heterocycles. The number of carbonyl (C=O) groups is 2. The van der Waals surface area contributed by atoms with E-state index in [4.69, 9.17) is 0 Å². The summed E-state index contributed by atoms with van der Waals surface area (Å²) in [7, 11) is 0. The van der Waals surface area contributed by atoms with E-state index in [1.807, 2.05) is 0 Å². The first-order valence-corrected chi connectivity index (χ1v) is 5.95. The van der Waals surface area contributed by atoms with Gasteiger partial charge in [-0.3, -0.25) is 14.5 Å². The third kappa shape index (κ3) is 1.63. The minimum atomic E-state index is -4.04. The average Bonchev–Trinajstić information content (AvgIpc) is 2.47. The highest BCUT2D eigenvalue weighted by Crippen LogP contribution is 2.39. The monoisotopic (exact) mass is 273 g/mol. The number of fused-ring (bicyclic) bond motifs is 1. The van der Waals surface area contributed by atoms with Crippen LogP contribution in [0, 0.1) is 0 Å². The zero-order chi connectivity index (χ0) is 14.3. The Morgan fingerprint density at radius 1 is 0.850 bits per heavy atom. The van der Waals surface area contributed by atoms with E-state index in [9.17, 15) is 18.4 Å². The number of halogens is 2. The second-order valence-electron chi connectivity index (χ2n) is 4.40. The number of ketones is 1. The highest BCUT2D eigenvalue weighted by Gasteiger charge is 2.55. The van der Waals surface area contributed by atoms with Crippen LogP contribution in [0.15, 0.2) is 54.6 Å². The number of hydrogen-bond donors (Lipinski definition) is 0. The van der Waals surface area contributed by atoms with Gasteiger partial charge in [-0.05, 0) is 24.3 Å². The maximum absolute atomic E-state index is 13.9. The van der Waals surface area contributed by atoms with E-state index in [1.54, 1.807) is 36.4 Å². The molecule has 0 spiro atoms. The topological polar surface area (TPSA) is 37.4 Å². The number of nitrogens with zero attached hydrogens (tertiary/aromatic N) is 1. The molecule has 3 rings (SSSR count). The summed E-state index contributed by atoms with van der Waals surface area (Å²) in [6, 6.07) is 13.9. The van der Waals surface area contributed by atoms with Crippen molar-refractivity contribution in [3.05, 3.63) is 60.2 Å². The quantitative estimate of drug-likeness (QED) is 0.748. The van der Waals surface area contributed by atoms with Gasteiger partial charge in [0, 0.05) is 11.3 Å². The van der Waals surface area contributed by atoms with Gasteiger partial charge in [-0.25, -0.2) is 0 Å². The van der Waals surface area contributed by atoms with E-state index in [1.165, 1.54) is 18.2 Å². The molecule has 2 aromatic rings. The van der Waals surface area contributed by atoms with Crippen LogP contribution in [0.1, 0.15) is 10.4 Å². The average molecular weight is 273 g/mol. The second-order valence-corrected chi connectivity index (χ2v) is 4.40. The standard InChI is InChI=1S/C15H9F2NO2/c16-15(17)13(19)11-8-4-5-9-12(11)18(14(15)20)10-6-2-1-3-7-10/h1-9H. The SMILES string of the molecule is O=C1c2ccccc2N(c2ccccc2)C(=O)C1(F)F. The number of hydrogen-bond acceptors (Lipinski definition) is 2. The fraction of sp³-hybridized carbons (Fsp3) is 0.0667. The van der Waals surface area contributed by atoms with Crippen LogP contribution >= 0.6 is 0 Å². The van der Waals surface area contributed by atoms with Crippen molar-refractivity contribution in [2.45, 2.75) is 5.92 Å². The molecule has 0 N–H and O–H groups in total. The van der Waals surface area contributed by atoms with Crippen LogP contribution in [0.25, 0.3) is 0 Å². The van der Waals surface area contributed by atoms with E-state index in [0.29, 0.717) is 5.69 Å². The Balaban J connectivity index is 2.26. The Kier molecular flexibility index (Phi) is 2.64. The first kappa shape index (κ1) is 12.5. The zero-order valence-corrected chi connectivity index (χ0v) is 10.2. The highest BCUT2D eigenvalue weighted by atomic mass is 19.3. The molecule has 0 aromatic heterocycles. The summed E-state index contributed by atoms with van der Waals surface area (Å²) in [5.74, 6) is -7.01. The predicted octanol–water partition coefficient (Wildman–Crippen LogP) is 3.18. The molecule has 5 heteroatoms. The van der Waals surface area contributed by atoms with Crippen molar-refractivity contribution < 1.29 is 18.4 Å². The van der Waals surface area contributed by atoms with Crippen LogP contribution < -0.4 is 4.90 Å². The number of amides is 1. The summed E-state index contributed by atoms with van der Waals surface area (Å²) in [5, 5.41) is 0. The maximum atomic E-state index is 13.9. The summed E-state index contributed by atoms with van der Waals surface area (Å²) in [6.45, 7) is 0. The van der Waals surface area contributed by atoms with Gasteiger partial charge >= 0.3 is 11.8 Å². The molecule has 0 bridgehead atoms. The van der Waals surface area contributed by atoms with Crippen molar-refractivity contribution in [3.8, 4) is 0 Å². The number of anilines is 2. The van der Waals surface area contributed by atoms with Crippen molar-refractivity contribution in [2.24, 2.45) is 0 Å². The number of alkyl halides is 2. The van der Waals surface area contributed by atoms with Gasteiger partial charge in [-0.15, -0.1) is 0 Å². The molecule has 3 nitrogen and oxygen atoms in total. The summed E-state index contributed by atoms with van der Waals surface area (Å²) >= 11 is 0. The van der Waals surface area contributed by atoms with Gasteiger partial charge in [0.15, 0.2) is 0 Å². The third-order valence-electron chi connectivity index (χ3n) is 3.16. The van der Waals surface area contributed by atoms with Crippen molar-refractivity contribution in [2.75, 3.05) is 4.90 Å². The summed E-state index contributed by atoms with van der Waals surface area (Å²) in [5.41, 5.74) is 0.331. The molecular formula is C15H9F2NO2. The van der Waals surface area contributed by atoms with Gasteiger partial charge in [0.25, 0.3) is 0 Å². The van der Waals surface area contributed by atoms with Gasteiger partial charge in [0.05, 0.1) is 5.69 Å². The van der Waals surface area contributed by atoms with Crippen molar-refractivity contribution in [3.63, 3.8) is 0 Å². The Morgan fingerprint density at radius 2 is 1.45 bits per heavy atom. The minimum absolute atomic E-state index is 0.152. The van der Waals surface area contributed by atoms with E-state index in [2.05, 4.69) is 0 Å². The molecule has 0 fully saturated rings. The summed E-state index contributed by atoms with van der Waals surface area (Å²) in [6.07, 6.45) is 0. The smallest absolute Gasteiger partial charge is 0.287 e. The Labute approximate surface area is 113 Å². The van der Waals surface area contributed by atoms with Gasteiger partial charge in [-0.1, -0.05) is 30.3 Å². The molecule has 0 atom stereocenters. The van der Waals surface area contributed by atoms with Crippen LogP contribution in [0.2, 0.25) is 0 Å². The lowest BCUT2D eigenvalue weighted by molar-refractivity contribution is -0.136. The first-order chi connectivity index (χ1) is 9.53. The van der Waals surface area contributed by atoms with Crippen LogP contribution in [0.4, 0.5) is 20.2 Å². The molecule has 0 aliphatic carbocycles. The van der Waals surface area contributed by atoms with Crippen LogP contribution in [-0.2, 0) is 4.79 Å². The fourth-order valence-corrected chi connectivity index (χ4v) is 2.21. The van der Waals surface area contributed by atoms with Gasteiger partial charge in [0.2, 0.25) is 5.78 Å². The Morgan fingerprint density at radius 3 is 2.15 bits per heavy atom. The van der Waals surface area contributed by atoms with E-state index in [0.717, 1.165) is 4.90 Å². The van der Waals surface area contributed by atoms with Gasteiger partial charge in [0.1, 0.15) is 0 Å². The first-order valence-electron chi connectivity index (χ1n) is 5.95. The lowest BCUT2D eigenvalue weighted by atomic mass is 9.96. The molecule has 2 aromatic carbocycles. The molecule has 100 valence electrons. The van der Waals surface area contributed by atoms with E-state index in [-0.39, 0.29) is 11.3 Å². The maximum Gasteiger partial charge on any atom is 0.387 e. The summed E-state index contributed by atoms with van der Waals surface area (Å²) < 4.78 is 27.7. The van der Waals surface area contributed by atoms with Crippen LogP contribution in [0.5, 0.6) is 0 Å². The molecule has 0 saturated carbocycles. The number of rotatable bonds is 1. The predicted molar refractivity (Wildman–Crippen MR) is 69.3 cm³/mol. The van der Waals surface area contributed by atoms with Crippen LogP contribution in [0.3, 0.4) is 0 Å². The lowest BCUT2D eigenvalue weighted by Gasteiger charge is -2.32. The lowest BCUT2D eigenvalue weighted by Crippen LogP contribution is -2.51. The normalized spacial score (nSPS) is 17.0. The number of benzene rings is 2. The second kappa shape index (κ2) is 4.23. The molecule has 1 amide bonds.